The lowest BCUT2D eigenvalue weighted by atomic mass is 10.1. The highest BCUT2D eigenvalue weighted by Gasteiger charge is 2.47. The maximum atomic E-state index is 13.3. The second-order valence-corrected chi connectivity index (χ2v) is 8.96. The number of nitrogens with zero attached hydrogens (tertiary/aromatic N) is 2. The number of hydrogen-bond donors (Lipinski definition) is 2. The van der Waals surface area contributed by atoms with Gasteiger partial charge in [-0.15, -0.1) is 0 Å². The van der Waals surface area contributed by atoms with E-state index in [4.69, 9.17) is 21.4 Å². The highest BCUT2D eigenvalue weighted by molar-refractivity contribution is 8.12. The van der Waals surface area contributed by atoms with E-state index in [2.05, 4.69) is 4.99 Å². The molecule has 2 aromatic rings. The minimum atomic E-state index is -1.74. The van der Waals surface area contributed by atoms with Crippen LogP contribution in [0.1, 0.15) is 24.5 Å². The average Bonchev–Trinajstić information content (AvgIpc) is 3.01. The Kier molecular flexibility index (Phi) is 8.33. The third-order valence-corrected chi connectivity index (χ3v) is 6.32. The van der Waals surface area contributed by atoms with Crippen LogP contribution >= 0.6 is 11.6 Å². The van der Waals surface area contributed by atoms with Gasteiger partial charge < -0.3 is 19.5 Å². The second-order valence-electron chi connectivity index (χ2n) is 7.21. The Balaban J connectivity index is 1.94. The first-order chi connectivity index (χ1) is 15.4. The van der Waals surface area contributed by atoms with Gasteiger partial charge in [-0.1, -0.05) is 42.8 Å². The molecule has 1 amide bonds. The molecule has 3 rings (SSSR count). The van der Waals surface area contributed by atoms with Crippen molar-refractivity contribution in [2.24, 2.45) is 4.99 Å². The van der Waals surface area contributed by atoms with E-state index in [1.165, 1.54) is 11.0 Å². The summed E-state index contributed by atoms with van der Waals surface area (Å²) in [5, 5.41) is 18.8. The molecule has 32 heavy (non-hydrogen) atoms. The van der Waals surface area contributed by atoms with Gasteiger partial charge in [0, 0.05) is 12.6 Å². The number of ether oxygens (including phenoxy) is 1. The number of aliphatic imine (C=N–C) groups is 1. The number of hydrogen-bond acceptors (Lipinski definition) is 6. The Morgan fingerprint density at radius 2 is 2.06 bits per heavy atom. The van der Waals surface area contributed by atoms with Gasteiger partial charge in [-0.25, -0.2) is 9.89 Å². The average molecular weight is 477 g/mol. The van der Waals surface area contributed by atoms with E-state index in [9.17, 15) is 14.5 Å². The molecule has 1 fully saturated rings. The molecule has 2 atom stereocenters. The third-order valence-electron chi connectivity index (χ3n) is 4.69. The number of carbonyl (C=O) groups excluding carboxylic acids is 1. The number of benzene rings is 2. The van der Waals surface area contributed by atoms with E-state index >= 15 is 0 Å². The maximum Gasteiger partial charge on any atom is 0.332 e. The molecule has 170 valence electrons. The number of rotatable bonds is 8. The SMILES string of the molecule is CCCN=C1N(c2ccccc2C)C(=O)C(=Cc2ccc(OCC(O)CO)c(Cl)c2)[S+]1[O-]. The number of aliphatic hydroxyl groups excluding tert-OH is 2. The summed E-state index contributed by atoms with van der Waals surface area (Å²) in [5.41, 5.74) is 2.09. The van der Waals surface area contributed by atoms with Crippen LogP contribution in [0.4, 0.5) is 5.69 Å². The number of aryl methyl sites for hydroxylation is 1. The Morgan fingerprint density at radius 1 is 1.31 bits per heavy atom. The lowest BCUT2D eigenvalue weighted by molar-refractivity contribution is -0.113. The minimum Gasteiger partial charge on any atom is -0.604 e. The van der Waals surface area contributed by atoms with Gasteiger partial charge in [0.1, 0.15) is 18.5 Å². The Hall–Kier alpha value is -2.36. The first kappa shape index (κ1) is 24.3. The van der Waals surface area contributed by atoms with Crippen LogP contribution in [0.5, 0.6) is 5.75 Å². The summed E-state index contributed by atoms with van der Waals surface area (Å²) in [7, 11) is 0. The predicted molar refractivity (Wildman–Crippen MR) is 127 cm³/mol. The molecule has 1 heterocycles. The van der Waals surface area contributed by atoms with Gasteiger partial charge in [-0.2, -0.15) is 0 Å². The van der Waals surface area contributed by atoms with Crippen LogP contribution in [0.2, 0.25) is 5.02 Å². The van der Waals surface area contributed by atoms with Gasteiger partial charge in [0.25, 0.3) is 0 Å². The number of amides is 1. The van der Waals surface area contributed by atoms with Crippen LogP contribution < -0.4 is 9.64 Å². The fourth-order valence-electron chi connectivity index (χ4n) is 3.05. The first-order valence-electron chi connectivity index (χ1n) is 10.2. The van der Waals surface area contributed by atoms with E-state index in [1.54, 1.807) is 24.3 Å². The molecule has 0 radical (unpaired) electrons. The number of carbonyl (C=O) groups is 1. The summed E-state index contributed by atoms with van der Waals surface area (Å²) in [6.45, 7) is 3.78. The molecule has 2 aromatic carbocycles. The van der Waals surface area contributed by atoms with Gasteiger partial charge in [-0.3, -0.25) is 4.79 Å². The fourth-order valence-corrected chi connectivity index (χ4v) is 4.54. The van der Waals surface area contributed by atoms with Crippen LogP contribution in [0.25, 0.3) is 6.08 Å². The summed E-state index contributed by atoms with van der Waals surface area (Å²) in [6, 6.07) is 12.2. The van der Waals surface area contributed by atoms with Crippen molar-refractivity contribution in [3.63, 3.8) is 0 Å². The molecular formula is C23H25ClN2O5S. The Morgan fingerprint density at radius 3 is 2.72 bits per heavy atom. The quantitative estimate of drug-likeness (QED) is 0.449. The predicted octanol–water partition coefficient (Wildman–Crippen LogP) is 3.28. The van der Waals surface area contributed by atoms with Gasteiger partial charge >= 0.3 is 11.1 Å². The van der Waals surface area contributed by atoms with Crippen LogP contribution in [-0.2, 0) is 16.0 Å². The molecule has 2 N–H and O–H groups in total. The summed E-state index contributed by atoms with van der Waals surface area (Å²) in [5.74, 6) is -0.0677. The van der Waals surface area contributed by atoms with Crippen molar-refractivity contribution in [3.05, 3.63) is 63.5 Å². The van der Waals surface area contributed by atoms with E-state index < -0.39 is 29.8 Å². The molecule has 1 saturated heterocycles. The highest BCUT2D eigenvalue weighted by atomic mass is 35.5. The largest absolute Gasteiger partial charge is 0.604 e. The van der Waals surface area contributed by atoms with Gasteiger partial charge in [0.05, 0.1) is 28.5 Å². The smallest absolute Gasteiger partial charge is 0.332 e. The summed E-state index contributed by atoms with van der Waals surface area (Å²) in [4.78, 5) is 19.3. The van der Waals surface area contributed by atoms with Crippen molar-refractivity contribution in [1.29, 1.82) is 0 Å². The van der Waals surface area contributed by atoms with E-state index in [1.807, 2.05) is 32.0 Å². The standard InChI is InChI=1S/C23H25ClN2O5S/c1-3-10-25-23-26(19-7-5-4-6-15(19)2)22(29)21(32(23)30)12-16-8-9-20(18(24)11-16)31-14-17(28)13-27/h4-9,11-12,17,27-28H,3,10,13-14H2,1-2H3. The third kappa shape index (κ3) is 5.33. The van der Waals surface area contributed by atoms with Crippen LogP contribution in [-0.4, -0.2) is 51.7 Å². The monoisotopic (exact) mass is 476 g/mol. The van der Waals surface area contributed by atoms with Crippen LogP contribution in [0, 0.1) is 6.92 Å². The van der Waals surface area contributed by atoms with Crippen molar-refractivity contribution in [2.75, 3.05) is 24.7 Å². The molecule has 1 aliphatic heterocycles. The van der Waals surface area contributed by atoms with E-state index in [0.717, 1.165) is 12.0 Å². The summed E-state index contributed by atoms with van der Waals surface area (Å²) in [6.07, 6.45) is 1.29. The number of aliphatic hydroxyl groups is 2. The normalized spacial score (nSPS) is 19.8. The van der Waals surface area contributed by atoms with Gasteiger partial charge in [0.2, 0.25) is 4.91 Å². The molecule has 9 heteroatoms. The van der Waals surface area contributed by atoms with E-state index in [0.29, 0.717) is 23.5 Å². The zero-order valence-corrected chi connectivity index (χ0v) is 19.4. The van der Waals surface area contributed by atoms with Gasteiger partial charge in [0.15, 0.2) is 0 Å². The Labute approximate surface area is 195 Å². The topological polar surface area (TPSA) is 105 Å². The minimum absolute atomic E-state index is 0.109. The molecular weight excluding hydrogens is 452 g/mol. The molecule has 1 aliphatic rings. The molecule has 7 nitrogen and oxygen atoms in total. The Bertz CT molecular complexity index is 1040. The number of anilines is 1. The zero-order valence-electron chi connectivity index (χ0n) is 17.8. The molecule has 0 bridgehead atoms. The molecule has 0 aliphatic carbocycles. The molecule has 2 unspecified atom stereocenters. The second kappa shape index (κ2) is 11.0. The first-order valence-corrected chi connectivity index (χ1v) is 11.7. The van der Waals surface area contributed by atoms with Crippen molar-refractivity contribution < 1.29 is 24.3 Å². The van der Waals surface area contributed by atoms with E-state index in [-0.39, 0.29) is 21.7 Å². The maximum absolute atomic E-state index is 13.3. The molecule has 0 saturated carbocycles. The van der Waals surface area contributed by atoms with Crippen molar-refractivity contribution in [2.45, 2.75) is 26.4 Å². The highest BCUT2D eigenvalue weighted by Crippen LogP contribution is 2.34. The number of para-hydroxylation sites is 1. The summed E-state index contributed by atoms with van der Waals surface area (Å²) >= 11 is 4.52. The lowest BCUT2D eigenvalue weighted by Crippen LogP contribution is -2.31. The molecule has 0 aromatic heterocycles. The van der Waals surface area contributed by atoms with Crippen molar-refractivity contribution in [1.82, 2.24) is 0 Å². The number of amidine groups is 1. The van der Waals surface area contributed by atoms with Crippen LogP contribution in [0.3, 0.4) is 0 Å². The van der Waals surface area contributed by atoms with Crippen molar-refractivity contribution in [3.8, 4) is 5.75 Å². The zero-order chi connectivity index (χ0) is 23.3. The molecule has 0 spiro atoms. The number of halogens is 1. The van der Waals surface area contributed by atoms with Crippen LogP contribution in [0.15, 0.2) is 52.4 Å². The van der Waals surface area contributed by atoms with Crippen molar-refractivity contribution >= 4 is 45.6 Å². The summed E-state index contributed by atoms with van der Waals surface area (Å²) < 4.78 is 18.6. The fraction of sp³-hybridized carbons (Fsp3) is 0.304. The van der Waals surface area contributed by atoms with Gasteiger partial charge in [-0.05, 0) is 42.7 Å². The lowest BCUT2D eigenvalue weighted by Gasteiger charge is -2.15.